The van der Waals surface area contributed by atoms with Crippen LogP contribution in [0.4, 0.5) is 0 Å². The molecule has 70 valence electrons. The third kappa shape index (κ3) is 1.94. The number of phenols is 2. The van der Waals surface area contributed by atoms with Crippen molar-refractivity contribution in [2.24, 2.45) is 0 Å². The highest BCUT2D eigenvalue weighted by molar-refractivity contribution is 5.46. The number of nitriles is 2. The van der Waals surface area contributed by atoms with E-state index < -0.39 is 0 Å². The fourth-order valence-electron chi connectivity index (χ4n) is 1.12. The van der Waals surface area contributed by atoms with E-state index in [0.717, 1.165) is 0 Å². The summed E-state index contributed by atoms with van der Waals surface area (Å²) in [6.07, 6.45) is 0.0679. The van der Waals surface area contributed by atoms with Crippen LogP contribution in [0, 0.1) is 22.7 Å². The SMILES string of the molecule is N#CCc1cc(O)c(CC#N)cc1O. The number of aromatic hydroxyl groups is 2. The van der Waals surface area contributed by atoms with Crippen molar-refractivity contribution in [1.29, 1.82) is 10.5 Å². The zero-order valence-electron chi connectivity index (χ0n) is 7.36. The van der Waals surface area contributed by atoms with Gasteiger partial charge in [0.1, 0.15) is 11.5 Å². The summed E-state index contributed by atoms with van der Waals surface area (Å²) in [5.41, 5.74) is 0.735. The summed E-state index contributed by atoms with van der Waals surface area (Å²) < 4.78 is 0. The zero-order valence-corrected chi connectivity index (χ0v) is 7.36. The second-order valence-electron chi connectivity index (χ2n) is 2.78. The number of rotatable bonds is 2. The maximum absolute atomic E-state index is 9.40. The van der Waals surface area contributed by atoms with Crippen LogP contribution in [0.15, 0.2) is 12.1 Å². The second kappa shape index (κ2) is 4.15. The Labute approximate surface area is 81.3 Å². The van der Waals surface area contributed by atoms with Gasteiger partial charge in [-0.3, -0.25) is 0 Å². The first-order chi connectivity index (χ1) is 6.69. The van der Waals surface area contributed by atoms with E-state index >= 15 is 0 Å². The third-order valence-corrected chi connectivity index (χ3v) is 1.82. The van der Waals surface area contributed by atoms with E-state index in [9.17, 15) is 10.2 Å². The highest BCUT2D eigenvalue weighted by Gasteiger charge is 2.07. The minimum atomic E-state index is -0.0606. The molecule has 4 heteroatoms. The molecule has 1 aromatic rings. The van der Waals surface area contributed by atoms with Crippen molar-refractivity contribution in [1.82, 2.24) is 0 Å². The lowest BCUT2D eigenvalue weighted by Gasteiger charge is -2.04. The summed E-state index contributed by atoms with van der Waals surface area (Å²) in [5, 5.41) is 35.6. The molecule has 0 radical (unpaired) electrons. The first-order valence-corrected chi connectivity index (χ1v) is 3.96. The van der Waals surface area contributed by atoms with Gasteiger partial charge in [-0.15, -0.1) is 0 Å². The normalized spacial score (nSPS) is 9.00. The number of benzene rings is 1. The Balaban J connectivity index is 3.13. The lowest BCUT2D eigenvalue weighted by Crippen LogP contribution is -1.88. The fraction of sp³-hybridized carbons (Fsp3) is 0.200. The van der Waals surface area contributed by atoms with Crippen LogP contribution in [-0.2, 0) is 12.8 Å². The average Bonchev–Trinajstić information content (AvgIpc) is 2.14. The van der Waals surface area contributed by atoms with Crippen molar-refractivity contribution in [2.75, 3.05) is 0 Å². The lowest BCUT2D eigenvalue weighted by molar-refractivity contribution is 0.451. The number of hydrogen-bond donors (Lipinski definition) is 2. The summed E-state index contributed by atoms with van der Waals surface area (Å²) in [4.78, 5) is 0. The largest absolute Gasteiger partial charge is 0.508 e. The van der Waals surface area contributed by atoms with E-state index in [1.807, 2.05) is 12.1 Å². The van der Waals surface area contributed by atoms with Gasteiger partial charge in [0, 0.05) is 11.1 Å². The third-order valence-electron chi connectivity index (χ3n) is 1.82. The van der Waals surface area contributed by atoms with E-state index in [1.165, 1.54) is 12.1 Å². The maximum atomic E-state index is 9.40. The molecule has 2 N–H and O–H groups in total. The zero-order chi connectivity index (χ0) is 10.6. The van der Waals surface area contributed by atoms with Gasteiger partial charge < -0.3 is 10.2 Å². The van der Waals surface area contributed by atoms with E-state index in [1.54, 1.807) is 0 Å². The van der Waals surface area contributed by atoms with Gasteiger partial charge in [0.25, 0.3) is 0 Å². The molecule has 0 amide bonds. The standard InChI is InChI=1S/C10H8N2O2/c11-3-1-7-5-10(14)8(2-4-12)6-9(7)13/h5-6,13-14H,1-2H2. The Kier molecular flexibility index (Phi) is 2.93. The molecule has 1 rings (SSSR count). The van der Waals surface area contributed by atoms with Crippen molar-refractivity contribution in [2.45, 2.75) is 12.8 Å². The highest BCUT2D eigenvalue weighted by atomic mass is 16.3. The highest BCUT2D eigenvalue weighted by Crippen LogP contribution is 2.27. The predicted octanol–water partition coefficient (Wildman–Crippen LogP) is 1.23. The second-order valence-corrected chi connectivity index (χ2v) is 2.78. The van der Waals surface area contributed by atoms with Crippen LogP contribution in [0.3, 0.4) is 0 Å². The average molecular weight is 188 g/mol. The minimum Gasteiger partial charge on any atom is -0.508 e. The van der Waals surface area contributed by atoms with Crippen LogP contribution in [0.5, 0.6) is 11.5 Å². The van der Waals surface area contributed by atoms with Gasteiger partial charge in [-0.25, -0.2) is 0 Å². The molecule has 0 aliphatic carbocycles. The smallest absolute Gasteiger partial charge is 0.120 e. The van der Waals surface area contributed by atoms with Crippen molar-refractivity contribution >= 4 is 0 Å². The molecule has 0 aromatic heterocycles. The number of hydrogen-bond acceptors (Lipinski definition) is 4. The molecule has 1 aromatic carbocycles. The van der Waals surface area contributed by atoms with Gasteiger partial charge in [-0.2, -0.15) is 10.5 Å². The Morgan fingerprint density at radius 1 is 0.929 bits per heavy atom. The summed E-state index contributed by atoms with van der Waals surface area (Å²) in [7, 11) is 0. The molecule has 0 atom stereocenters. The van der Waals surface area contributed by atoms with Crippen molar-refractivity contribution < 1.29 is 10.2 Å². The molecule has 0 aliphatic heterocycles. The first kappa shape index (κ1) is 9.88. The molecule has 0 fully saturated rings. The minimum absolute atomic E-state index is 0.0340. The van der Waals surface area contributed by atoms with Gasteiger partial charge in [-0.1, -0.05) is 0 Å². The molecule has 0 aliphatic rings. The molecular formula is C10H8N2O2. The van der Waals surface area contributed by atoms with Crippen molar-refractivity contribution in [3.05, 3.63) is 23.3 Å². The molecule has 4 nitrogen and oxygen atoms in total. The number of nitrogens with zero attached hydrogens (tertiary/aromatic N) is 2. The Hall–Kier alpha value is -2.20. The Morgan fingerprint density at radius 2 is 1.29 bits per heavy atom. The lowest BCUT2D eigenvalue weighted by atomic mass is 10.1. The van der Waals surface area contributed by atoms with E-state index in [0.29, 0.717) is 11.1 Å². The quantitative estimate of drug-likeness (QED) is 0.683. The van der Waals surface area contributed by atoms with Crippen molar-refractivity contribution in [3.63, 3.8) is 0 Å². The summed E-state index contributed by atoms with van der Waals surface area (Å²) >= 11 is 0. The van der Waals surface area contributed by atoms with Gasteiger partial charge in [0.2, 0.25) is 0 Å². The van der Waals surface area contributed by atoms with Crippen LogP contribution in [0.2, 0.25) is 0 Å². The molecule has 0 saturated carbocycles. The topological polar surface area (TPSA) is 88.0 Å². The van der Waals surface area contributed by atoms with E-state index in [2.05, 4.69) is 0 Å². The summed E-state index contributed by atoms with van der Waals surface area (Å²) in [5.74, 6) is -0.121. The monoisotopic (exact) mass is 188 g/mol. The maximum Gasteiger partial charge on any atom is 0.120 e. The molecule has 0 heterocycles. The van der Waals surface area contributed by atoms with E-state index in [4.69, 9.17) is 10.5 Å². The van der Waals surface area contributed by atoms with Gasteiger partial charge in [-0.05, 0) is 12.1 Å². The molecule has 0 saturated heterocycles. The predicted molar refractivity (Wildman–Crippen MR) is 48.4 cm³/mol. The van der Waals surface area contributed by atoms with Crippen LogP contribution in [0.25, 0.3) is 0 Å². The number of phenolic OH excluding ortho intramolecular Hbond substituents is 2. The van der Waals surface area contributed by atoms with Gasteiger partial charge >= 0.3 is 0 Å². The summed E-state index contributed by atoms with van der Waals surface area (Å²) in [6.45, 7) is 0. The Morgan fingerprint density at radius 3 is 1.57 bits per heavy atom. The van der Waals surface area contributed by atoms with Gasteiger partial charge in [0.15, 0.2) is 0 Å². The Bertz CT molecular complexity index is 385. The fourth-order valence-corrected chi connectivity index (χ4v) is 1.12. The van der Waals surface area contributed by atoms with Crippen LogP contribution in [0.1, 0.15) is 11.1 Å². The van der Waals surface area contributed by atoms with Crippen LogP contribution < -0.4 is 0 Å². The van der Waals surface area contributed by atoms with Crippen molar-refractivity contribution in [3.8, 4) is 23.6 Å². The molecule has 0 unspecified atom stereocenters. The van der Waals surface area contributed by atoms with Gasteiger partial charge in [0.05, 0.1) is 25.0 Å². The van der Waals surface area contributed by atoms with Crippen LogP contribution >= 0.6 is 0 Å². The molecule has 14 heavy (non-hydrogen) atoms. The van der Waals surface area contributed by atoms with Crippen LogP contribution in [-0.4, -0.2) is 10.2 Å². The van der Waals surface area contributed by atoms with E-state index in [-0.39, 0.29) is 24.3 Å². The molecule has 0 spiro atoms. The molecular weight excluding hydrogens is 180 g/mol. The molecule has 0 bridgehead atoms. The first-order valence-electron chi connectivity index (χ1n) is 3.96. The summed E-state index contributed by atoms with van der Waals surface area (Å²) in [6, 6.07) is 6.36.